The third kappa shape index (κ3) is 1.31. The molecule has 0 bridgehead atoms. The Morgan fingerprint density at radius 2 is 2.08 bits per heavy atom. The minimum Gasteiger partial charge on any atom is -0.508 e. The summed E-state index contributed by atoms with van der Waals surface area (Å²) in [6.45, 7) is 2.20. The molecule has 0 unspecified atom stereocenters. The number of phenolic OH excluding ortho intramolecular Hbond substituents is 1. The van der Waals surface area contributed by atoms with Crippen LogP contribution >= 0.6 is 0 Å². The molecule has 13 heavy (non-hydrogen) atoms. The maximum Gasteiger partial charge on any atom is 0.115 e. The first-order valence-electron chi connectivity index (χ1n) is 4.59. The van der Waals surface area contributed by atoms with Crippen molar-refractivity contribution < 1.29 is 10.2 Å². The van der Waals surface area contributed by atoms with Gasteiger partial charge >= 0.3 is 0 Å². The molecule has 0 amide bonds. The average Bonchev–Trinajstić information content (AvgIpc) is 2.85. The second kappa shape index (κ2) is 2.74. The Morgan fingerprint density at radius 1 is 1.38 bits per heavy atom. The van der Waals surface area contributed by atoms with Gasteiger partial charge in [-0.3, -0.25) is 0 Å². The minimum atomic E-state index is 0.0117. The van der Waals surface area contributed by atoms with Crippen LogP contribution in [0.2, 0.25) is 0 Å². The highest BCUT2D eigenvalue weighted by atomic mass is 16.3. The fourth-order valence-electron chi connectivity index (χ4n) is 1.91. The molecule has 1 saturated carbocycles. The van der Waals surface area contributed by atoms with Crippen LogP contribution in [-0.2, 0) is 5.41 Å². The highest BCUT2D eigenvalue weighted by Crippen LogP contribution is 2.49. The number of aliphatic hydroxyl groups is 1. The molecule has 1 aliphatic rings. The summed E-state index contributed by atoms with van der Waals surface area (Å²) >= 11 is 0. The Bertz CT molecular complexity index is 327. The van der Waals surface area contributed by atoms with E-state index in [-0.39, 0.29) is 12.0 Å². The second-order valence-corrected chi connectivity index (χ2v) is 3.94. The molecule has 1 fully saturated rings. The summed E-state index contributed by atoms with van der Waals surface area (Å²) < 4.78 is 0. The van der Waals surface area contributed by atoms with Crippen molar-refractivity contribution in [2.24, 2.45) is 0 Å². The number of aryl methyl sites for hydroxylation is 1. The predicted octanol–water partition coefficient (Wildman–Crippen LogP) is 1.72. The van der Waals surface area contributed by atoms with Crippen molar-refractivity contribution in [1.82, 2.24) is 0 Å². The third-order valence-electron chi connectivity index (χ3n) is 2.94. The Kier molecular flexibility index (Phi) is 1.81. The van der Waals surface area contributed by atoms with Crippen LogP contribution in [0, 0.1) is 6.92 Å². The monoisotopic (exact) mass is 178 g/mol. The molecular weight excluding hydrogens is 164 g/mol. The van der Waals surface area contributed by atoms with E-state index in [1.807, 2.05) is 13.0 Å². The zero-order valence-electron chi connectivity index (χ0n) is 7.75. The summed E-state index contributed by atoms with van der Waals surface area (Å²) in [6, 6.07) is 5.37. The highest BCUT2D eigenvalue weighted by molar-refractivity contribution is 5.42. The van der Waals surface area contributed by atoms with Crippen LogP contribution in [0.5, 0.6) is 5.75 Å². The summed E-state index contributed by atoms with van der Waals surface area (Å²) in [6.07, 6.45) is 2.13. The number of rotatable bonds is 2. The highest BCUT2D eigenvalue weighted by Gasteiger charge is 2.44. The van der Waals surface area contributed by atoms with E-state index in [0.717, 1.165) is 18.4 Å². The Morgan fingerprint density at radius 3 is 2.54 bits per heavy atom. The van der Waals surface area contributed by atoms with Crippen LogP contribution in [0.4, 0.5) is 0 Å². The Labute approximate surface area is 77.8 Å². The minimum absolute atomic E-state index is 0.0117. The molecule has 0 heterocycles. The van der Waals surface area contributed by atoms with Crippen LogP contribution < -0.4 is 0 Å². The third-order valence-corrected chi connectivity index (χ3v) is 2.94. The van der Waals surface area contributed by atoms with Crippen LogP contribution in [0.25, 0.3) is 0 Å². The van der Waals surface area contributed by atoms with Crippen molar-refractivity contribution in [3.05, 3.63) is 29.3 Å². The molecule has 2 N–H and O–H groups in total. The van der Waals surface area contributed by atoms with Crippen molar-refractivity contribution in [1.29, 1.82) is 0 Å². The number of hydrogen-bond donors (Lipinski definition) is 2. The van der Waals surface area contributed by atoms with E-state index in [1.54, 1.807) is 12.1 Å². The molecule has 2 rings (SSSR count). The normalized spacial score (nSPS) is 18.6. The van der Waals surface area contributed by atoms with Gasteiger partial charge in [-0.2, -0.15) is 0 Å². The van der Waals surface area contributed by atoms with Gasteiger partial charge < -0.3 is 10.2 Å². The molecule has 0 spiro atoms. The largest absolute Gasteiger partial charge is 0.508 e. The van der Waals surface area contributed by atoms with Crippen molar-refractivity contribution >= 4 is 0 Å². The number of hydrogen-bond acceptors (Lipinski definition) is 2. The van der Waals surface area contributed by atoms with E-state index in [9.17, 15) is 10.2 Å². The Balaban J connectivity index is 2.41. The molecule has 0 atom stereocenters. The van der Waals surface area contributed by atoms with Gasteiger partial charge in [-0.05, 0) is 43.0 Å². The average molecular weight is 178 g/mol. The molecule has 0 radical (unpaired) electrons. The van der Waals surface area contributed by atoms with E-state index in [0.29, 0.717) is 5.75 Å². The smallest absolute Gasteiger partial charge is 0.115 e. The first kappa shape index (κ1) is 8.57. The quantitative estimate of drug-likeness (QED) is 0.724. The molecule has 70 valence electrons. The summed E-state index contributed by atoms with van der Waals surface area (Å²) in [5, 5.41) is 18.5. The maximum absolute atomic E-state index is 9.24. The zero-order chi connectivity index (χ0) is 9.47. The molecule has 0 aliphatic heterocycles. The van der Waals surface area contributed by atoms with E-state index in [4.69, 9.17) is 0 Å². The zero-order valence-corrected chi connectivity index (χ0v) is 7.75. The first-order chi connectivity index (χ1) is 6.18. The number of aromatic hydroxyl groups is 1. The van der Waals surface area contributed by atoms with Gasteiger partial charge in [-0.25, -0.2) is 0 Å². The topological polar surface area (TPSA) is 40.5 Å². The Hall–Kier alpha value is -1.02. The van der Waals surface area contributed by atoms with Gasteiger partial charge in [0.15, 0.2) is 0 Å². The van der Waals surface area contributed by atoms with Gasteiger partial charge in [0.2, 0.25) is 0 Å². The van der Waals surface area contributed by atoms with Crippen LogP contribution in [0.3, 0.4) is 0 Å². The van der Waals surface area contributed by atoms with Crippen molar-refractivity contribution in [2.75, 3.05) is 6.61 Å². The summed E-state index contributed by atoms with van der Waals surface area (Å²) in [7, 11) is 0. The summed E-state index contributed by atoms with van der Waals surface area (Å²) in [5.41, 5.74) is 2.27. The van der Waals surface area contributed by atoms with Gasteiger partial charge in [-0.15, -0.1) is 0 Å². The molecule has 1 aliphatic carbocycles. The molecule has 1 aromatic carbocycles. The first-order valence-corrected chi connectivity index (χ1v) is 4.59. The molecular formula is C11H14O2. The van der Waals surface area contributed by atoms with Crippen molar-refractivity contribution in [3.63, 3.8) is 0 Å². The molecule has 2 nitrogen and oxygen atoms in total. The second-order valence-electron chi connectivity index (χ2n) is 3.94. The van der Waals surface area contributed by atoms with Crippen molar-refractivity contribution in [3.8, 4) is 5.75 Å². The number of phenols is 1. The van der Waals surface area contributed by atoms with Crippen LogP contribution in [0.15, 0.2) is 18.2 Å². The van der Waals surface area contributed by atoms with Crippen LogP contribution in [-0.4, -0.2) is 16.8 Å². The fraction of sp³-hybridized carbons (Fsp3) is 0.455. The molecule has 2 heteroatoms. The lowest BCUT2D eigenvalue weighted by atomic mass is 9.92. The van der Waals surface area contributed by atoms with Gasteiger partial charge in [0, 0.05) is 5.41 Å². The van der Waals surface area contributed by atoms with Crippen LogP contribution in [0.1, 0.15) is 24.0 Å². The predicted molar refractivity (Wildman–Crippen MR) is 50.8 cm³/mol. The van der Waals surface area contributed by atoms with Gasteiger partial charge in [0.25, 0.3) is 0 Å². The molecule has 0 saturated heterocycles. The molecule has 0 aromatic heterocycles. The van der Waals surface area contributed by atoms with Gasteiger partial charge in [0.05, 0.1) is 6.61 Å². The van der Waals surface area contributed by atoms with Gasteiger partial charge in [-0.1, -0.05) is 6.07 Å². The molecule has 1 aromatic rings. The van der Waals surface area contributed by atoms with E-state index < -0.39 is 0 Å². The summed E-state index contributed by atoms with van der Waals surface area (Å²) in [4.78, 5) is 0. The lowest BCUT2D eigenvalue weighted by molar-refractivity contribution is 0.254. The van der Waals surface area contributed by atoms with Crippen molar-refractivity contribution in [2.45, 2.75) is 25.2 Å². The van der Waals surface area contributed by atoms with E-state index in [1.165, 1.54) is 5.56 Å². The lowest BCUT2D eigenvalue weighted by Crippen LogP contribution is -2.13. The fourth-order valence-corrected chi connectivity index (χ4v) is 1.91. The number of benzene rings is 1. The van der Waals surface area contributed by atoms with E-state index >= 15 is 0 Å². The maximum atomic E-state index is 9.24. The number of aliphatic hydroxyl groups excluding tert-OH is 1. The van der Waals surface area contributed by atoms with E-state index in [2.05, 4.69) is 0 Å². The standard InChI is InChI=1S/C11H14O2/c1-8-6-9(13)2-3-10(8)11(7-12)4-5-11/h2-3,6,12-13H,4-5,7H2,1H3. The van der Waals surface area contributed by atoms with Gasteiger partial charge in [0.1, 0.15) is 5.75 Å². The lowest BCUT2D eigenvalue weighted by Gasteiger charge is -2.15. The SMILES string of the molecule is Cc1cc(O)ccc1C1(CO)CC1. The summed E-state index contributed by atoms with van der Waals surface area (Å²) in [5.74, 6) is 0.301.